The lowest BCUT2D eigenvalue weighted by Gasteiger charge is -2.34. The number of nitrogens with two attached hydrogens (primary N) is 1. The van der Waals surface area contributed by atoms with Gasteiger partial charge in [-0.05, 0) is 30.7 Å². The quantitative estimate of drug-likeness (QED) is 0.654. The molecule has 0 amide bonds. The van der Waals surface area contributed by atoms with Crippen LogP contribution in [0.3, 0.4) is 0 Å². The first-order valence-corrected chi connectivity index (χ1v) is 10.8. The average Bonchev–Trinajstić information content (AvgIpc) is 2.72. The number of nitrogens with zero attached hydrogens (tertiary/aromatic N) is 4. The standard InChI is InChI=1S/C20H20F3N5O3S/c1-4-5-31-17-10-25-16(9-26-17)14(21)7-12-6-13(18(23)15(22)8-12)20(2)11-32(29,30)28(3)19(24)27-20/h4,6-10H,1,5,11H2,2-3H3,(H2,24,27)/b14-7-/t20-/m0/s1. The molecule has 0 saturated carbocycles. The predicted molar refractivity (Wildman–Crippen MR) is 114 cm³/mol. The third kappa shape index (κ3) is 4.59. The highest BCUT2D eigenvalue weighted by molar-refractivity contribution is 7.89. The van der Waals surface area contributed by atoms with E-state index >= 15 is 0 Å². The molecule has 2 aromatic rings. The van der Waals surface area contributed by atoms with Crippen molar-refractivity contribution < 1.29 is 26.3 Å². The fourth-order valence-corrected chi connectivity index (χ4v) is 4.50. The zero-order valence-electron chi connectivity index (χ0n) is 17.2. The van der Waals surface area contributed by atoms with Gasteiger partial charge in [0.25, 0.3) is 0 Å². The molecule has 0 spiro atoms. The maximum absolute atomic E-state index is 14.7. The summed E-state index contributed by atoms with van der Waals surface area (Å²) in [5, 5.41) is 0. The van der Waals surface area contributed by atoms with Gasteiger partial charge in [0.15, 0.2) is 17.5 Å². The Morgan fingerprint density at radius 1 is 1.34 bits per heavy atom. The minimum atomic E-state index is -3.92. The lowest BCUT2D eigenvalue weighted by atomic mass is 9.92. The molecule has 0 radical (unpaired) electrons. The summed E-state index contributed by atoms with van der Waals surface area (Å²) in [6, 6.07) is 1.89. The molecule has 32 heavy (non-hydrogen) atoms. The van der Waals surface area contributed by atoms with Crippen molar-refractivity contribution in [2.45, 2.75) is 12.5 Å². The Labute approximate surface area is 183 Å². The van der Waals surface area contributed by atoms with E-state index in [9.17, 15) is 21.6 Å². The number of sulfonamides is 1. The van der Waals surface area contributed by atoms with Crippen molar-refractivity contribution in [3.05, 3.63) is 65.6 Å². The molecule has 2 N–H and O–H groups in total. The summed E-state index contributed by atoms with van der Waals surface area (Å²) in [5.74, 6) is -4.35. The maximum atomic E-state index is 14.7. The Bertz CT molecular complexity index is 1220. The molecular weight excluding hydrogens is 447 g/mol. The third-order valence-corrected chi connectivity index (χ3v) is 6.66. The van der Waals surface area contributed by atoms with E-state index in [0.29, 0.717) is 0 Å². The fraction of sp³-hybridized carbons (Fsp3) is 0.250. The third-order valence-electron chi connectivity index (χ3n) is 4.71. The van der Waals surface area contributed by atoms with E-state index in [1.54, 1.807) is 0 Å². The first-order valence-electron chi connectivity index (χ1n) is 9.21. The van der Waals surface area contributed by atoms with Crippen LogP contribution in [0.1, 0.15) is 23.7 Å². The van der Waals surface area contributed by atoms with Crippen molar-refractivity contribution >= 4 is 27.9 Å². The van der Waals surface area contributed by atoms with Gasteiger partial charge in [-0.2, -0.15) is 0 Å². The monoisotopic (exact) mass is 467 g/mol. The molecule has 1 atom stereocenters. The fourth-order valence-electron chi connectivity index (χ4n) is 3.05. The second-order valence-corrected chi connectivity index (χ2v) is 9.16. The van der Waals surface area contributed by atoms with Crippen LogP contribution in [0.25, 0.3) is 11.9 Å². The average molecular weight is 467 g/mol. The molecule has 0 unspecified atom stereocenters. The topological polar surface area (TPSA) is 111 Å². The van der Waals surface area contributed by atoms with Gasteiger partial charge in [-0.15, -0.1) is 0 Å². The Kier molecular flexibility index (Phi) is 6.26. The van der Waals surface area contributed by atoms with Crippen LogP contribution in [-0.4, -0.2) is 48.1 Å². The molecular formula is C20H20F3N5O3S. The summed E-state index contributed by atoms with van der Waals surface area (Å²) in [6.07, 6.45) is 4.73. The molecule has 1 aliphatic heterocycles. The van der Waals surface area contributed by atoms with Crippen molar-refractivity contribution in [2.75, 3.05) is 19.4 Å². The number of aliphatic imine (C=N–C) groups is 1. The van der Waals surface area contributed by atoms with Gasteiger partial charge in [-0.1, -0.05) is 12.7 Å². The Morgan fingerprint density at radius 2 is 2.06 bits per heavy atom. The van der Waals surface area contributed by atoms with Crippen LogP contribution in [0.15, 0.2) is 42.2 Å². The lowest BCUT2D eigenvalue weighted by Crippen LogP contribution is -2.50. The molecule has 0 fully saturated rings. The van der Waals surface area contributed by atoms with Crippen molar-refractivity contribution in [3.63, 3.8) is 0 Å². The molecule has 0 bridgehead atoms. The van der Waals surface area contributed by atoms with Crippen molar-refractivity contribution in [3.8, 4) is 5.88 Å². The van der Waals surface area contributed by atoms with E-state index in [1.165, 1.54) is 26.2 Å². The summed E-state index contributed by atoms with van der Waals surface area (Å²) in [4.78, 5) is 11.8. The minimum Gasteiger partial charge on any atom is -0.472 e. The molecule has 2 heterocycles. The number of halogens is 3. The number of aromatic nitrogens is 2. The summed E-state index contributed by atoms with van der Waals surface area (Å²) < 4.78 is 74.3. The molecule has 3 rings (SSSR count). The van der Waals surface area contributed by atoms with Crippen molar-refractivity contribution in [2.24, 2.45) is 10.7 Å². The summed E-state index contributed by atoms with van der Waals surface area (Å²) in [7, 11) is -2.72. The molecule has 170 valence electrons. The first kappa shape index (κ1) is 23.3. The number of hydrogen-bond donors (Lipinski definition) is 1. The summed E-state index contributed by atoms with van der Waals surface area (Å²) >= 11 is 0. The number of benzene rings is 1. The van der Waals surface area contributed by atoms with E-state index in [0.717, 1.165) is 28.7 Å². The molecule has 0 saturated heterocycles. The van der Waals surface area contributed by atoms with Crippen LogP contribution in [0.2, 0.25) is 0 Å². The highest BCUT2D eigenvalue weighted by Gasteiger charge is 2.42. The van der Waals surface area contributed by atoms with Crippen LogP contribution in [0.5, 0.6) is 5.88 Å². The Hall–Kier alpha value is -3.41. The Balaban J connectivity index is 2.01. The van der Waals surface area contributed by atoms with Crippen LogP contribution in [-0.2, 0) is 15.6 Å². The number of rotatable bonds is 6. The van der Waals surface area contributed by atoms with Gasteiger partial charge in [0.1, 0.15) is 17.8 Å². The zero-order chi connectivity index (χ0) is 23.7. The van der Waals surface area contributed by atoms with E-state index in [-0.39, 0.29) is 35.3 Å². The van der Waals surface area contributed by atoms with Gasteiger partial charge in [-0.3, -0.25) is 0 Å². The maximum Gasteiger partial charge on any atom is 0.239 e. The van der Waals surface area contributed by atoms with Crippen molar-refractivity contribution in [1.82, 2.24) is 14.3 Å². The molecule has 1 aliphatic rings. The van der Waals surface area contributed by atoms with Crippen LogP contribution in [0.4, 0.5) is 13.2 Å². The number of hydrogen-bond acceptors (Lipinski definition) is 7. The SMILES string of the molecule is C=CCOc1cnc(/C(F)=C/c2cc(F)c(F)c([C@]3(C)CS(=O)(=O)N(C)C(N)=N3)c2)cn1. The van der Waals surface area contributed by atoms with E-state index in [2.05, 4.69) is 21.5 Å². The van der Waals surface area contributed by atoms with E-state index in [4.69, 9.17) is 10.5 Å². The second-order valence-electron chi connectivity index (χ2n) is 7.16. The second kappa shape index (κ2) is 8.61. The van der Waals surface area contributed by atoms with Gasteiger partial charge < -0.3 is 10.5 Å². The number of guanidine groups is 1. The normalized spacial score (nSPS) is 20.6. The molecule has 1 aromatic heterocycles. The minimum absolute atomic E-state index is 0.0727. The van der Waals surface area contributed by atoms with Gasteiger partial charge in [0, 0.05) is 12.6 Å². The molecule has 0 aliphatic carbocycles. The zero-order valence-corrected chi connectivity index (χ0v) is 18.0. The van der Waals surface area contributed by atoms with Gasteiger partial charge in [0.2, 0.25) is 21.9 Å². The molecule has 1 aromatic carbocycles. The van der Waals surface area contributed by atoms with E-state index < -0.39 is 38.8 Å². The van der Waals surface area contributed by atoms with Crippen LogP contribution in [0, 0.1) is 11.6 Å². The molecule has 12 heteroatoms. The van der Waals surface area contributed by atoms with Crippen LogP contribution >= 0.6 is 0 Å². The molecule has 8 nitrogen and oxygen atoms in total. The predicted octanol–water partition coefficient (Wildman–Crippen LogP) is 2.59. The highest BCUT2D eigenvalue weighted by atomic mass is 32.2. The lowest BCUT2D eigenvalue weighted by molar-refractivity contribution is 0.347. The van der Waals surface area contributed by atoms with E-state index in [1.807, 2.05) is 0 Å². The van der Waals surface area contributed by atoms with Gasteiger partial charge >= 0.3 is 0 Å². The largest absolute Gasteiger partial charge is 0.472 e. The van der Waals surface area contributed by atoms with Crippen molar-refractivity contribution in [1.29, 1.82) is 0 Å². The highest BCUT2D eigenvalue weighted by Crippen LogP contribution is 2.35. The smallest absolute Gasteiger partial charge is 0.239 e. The first-order chi connectivity index (χ1) is 15.0. The number of ether oxygens (including phenoxy) is 1. The van der Waals surface area contributed by atoms with Gasteiger partial charge in [-0.25, -0.2) is 40.9 Å². The summed E-state index contributed by atoms with van der Waals surface area (Å²) in [6.45, 7) is 4.99. The summed E-state index contributed by atoms with van der Waals surface area (Å²) in [5.41, 5.74) is 3.33. The Morgan fingerprint density at radius 3 is 2.66 bits per heavy atom. The van der Waals surface area contributed by atoms with Crippen LogP contribution < -0.4 is 10.5 Å². The van der Waals surface area contributed by atoms with Gasteiger partial charge in [0.05, 0.1) is 18.1 Å².